The van der Waals surface area contributed by atoms with E-state index in [9.17, 15) is 14.2 Å². The molecule has 0 saturated heterocycles. The van der Waals surface area contributed by atoms with Gasteiger partial charge in [0.05, 0.1) is 29.3 Å². The molecule has 0 aliphatic heterocycles. The number of nitrogens with one attached hydrogen (secondary N) is 1. The van der Waals surface area contributed by atoms with Gasteiger partial charge in [-0.25, -0.2) is 4.98 Å². The molecule has 15 heteroatoms. The number of carbonyl (C=O) groups is 2. The van der Waals surface area contributed by atoms with E-state index in [1.165, 1.54) is 0 Å². The van der Waals surface area contributed by atoms with Gasteiger partial charge in [-0.1, -0.05) is 0 Å². The molecule has 2 aromatic rings. The standard InChI is InChI=1S/C25H41N6O8P/c1-16(2)28-18-17-19(30-22(26)29-18)31(12-27-17)11-25(9-10-25)37-15-40(34,38-13-35-20(32)23(3,4)5)39-14-36-21(33)24(6,7)8/h12,16H,9-11,13-15H2,1-8H3,(H3,26,28,29,30). The van der Waals surface area contributed by atoms with Crippen molar-refractivity contribution in [3.63, 3.8) is 0 Å². The SMILES string of the molecule is CC(C)Nc1nc(N)nc2c1ncn2CC1(OCP(=O)(OCOC(=O)C(C)(C)C)OCOC(=O)C(C)(C)C)CC1. The molecule has 1 fully saturated rings. The van der Waals surface area contributed by atoms with Crippen LogP contribution >= 0.6 is 7.60 Å². The van der Waals surface area contributed by atoms with Gasteiger partial charge in [0.2, 0.25) is 19.5 Å². The average Bonchev–Trinajstić information content (AvgIpc) is 3.48. The molecule has 1 aliphatic rings. The number of carbonyl (C=O) groups excluding carboxylic acids is 2. The van der Waals surface area contributed by atoms with Crippen LogP contribution < -0.4 is 11.1 Å². The number of aromatic nitrogens is 4. The summed E-state index contributed by atoms with van der Waals surface area (Å²) in [4.78, 5) is 37.3. The number of anilines is 2. The molecule has 1 aliphatic carbocycles. The van der Waals surface area contributed by atoms with Gasteiger partial charge in [0, 0.05) is 6.04 Å². The number of rotatable bonds is 13. The third-order valence-electron chi connectivity index (χ3n) is 5.81. The van der Waals surface area contributed by atoms with Crippen LogP contribution in [0.15, 0.2) is 6.33 Å². The Bertz CT molecular complexity index is 1230. The monoisotopic (exact) mass is 584 g/mol. The Balaban J connectivity index is 1.70. The van der Waals surface area contributed by atoms with Gasteiger partial charge >= 0.3 is 19.5 Å². The van der Waals surface area contributed by atoms with Crippen LogP contribution in [0, 0.1) is 10.8 Å². The van der Waals surface area contributed by atoms with Crippen LogP contribution in [0.25, 0.3) is 11.2 Å². The predicted octanol–water partition coefficient (Wildman–Crippen LogP) is 4.06. The highest BCUT2D eigenvalue weighted by molar-refractivity contribution is 7.53. The van der Waals surface area contributed by atoms with E-state index in [1.54, 1.807) is 52.4 Å². The zero-order chi connectivity index (χ0) is 29.9. The van der Waals surface area contributed by atoms with E-state index in [0.717, 1.165) is 0 Å². The first-order valence-electron chi connectivity index (χ1n) is 13.0. The summed E-state index contributed by atoms with van der Waals surface area (Å²) in [5.74, 6) is -0.457. The highest BCUT2D eigenvalue weighted by atomic mass is 31.2. The minimum absolute atomic E-state index is 0.101. The topological polar surface area (TPSA) is 179 Å². The first-order valence-corrected chi connectivity index (χ1v) is 14.8. The van der Waals surface area contributed by atoms with Crippen molar-refractivity contribution in [2.24, 2.45) is 10.8 Å². The molecule has 0 aromatic carbocycles. The summed E-state index contributed by atoms with van der Waals surface area (Å²) in [6.07, 6.45) is 2.50. The number of hydrogen-bond donors (Lipinski definition) is 2. The molecule has 0 radical (unpaired) electrons. The molecule has 2 aromatic heterocycles. The van der Waals surface area contributed by atoms with Gasteiger partial charge in [-0.3, -0.25) is 23.2 Å². The summed E-state index contributed by atoms with van der Waals surface area (Å²) in [5.41, 5.74) is 4.78. The molecule has 2 heterocycles. The van der Waals surface area contributed by atoms with Crippen LogP contribution in [0.2, 0.25) is 0 Å². The molecule has 0 spiro atoms. The first-order chi connectivity index (χ1) is 18.4. The zero-order valence-corrected chi connectivity index (χ0v) is 25.4. The molecule has 0 amide bonds. The maximum atomic E-state index is 13.5. The van der Waals surface area contributed by atoms with Gasteiger partial charge in [0.25, 0.3) is 0 Å². The number of hydrogen-bond acceptors (Lipinski definition) is 13. The quantitative estimate of drug-likeness (QED) is 0.196. The Kier molecular flexibility index (Phi) is 9.50. The largest absolute Gasteiger partial charge is 0.438 e. The van der Waals surface area contributed by atoms with Gasteiger partial charge < -0.3 is 29.8 Å². The molecule has 3 rings (SSSR count). The van der Waals surface area contributed by atoms with Crippen molar-refractivity contribution in [2.75, 3.05) is 31.0 Å². The van der Waals surface area contributed by atoms with Crippen molar-refractivity contribution in [2.45, 2.75) is 86.4 Å². The van der Waals surface area contributed by atoms with Gasteiger partial charge in [-0.05, 0) is 68.2 Å². The Morgan fingerprint density at radius 2 is 1.60 bits per heavy atom. The summed E-state index contributed by atoms with van der Waals surface area (Å²) in [6.45, 7) is 13.1. The molecular formula is C25H41N6O8P. The average molecular weight is 585 g/mol. The van der Waals surface area contributed by atoms with E-state index < -0.39 is 55.9 Å². The Morgan fingerprint density at radius 1 is 1.05 bits per heavy atom. The molecular weight excluding hydrogens is 543 g/mol. The lowest BCUT2D eigenvalue weighted by Gasteiger charge is -2.24. The number of nitrogen functional groups attached to an aromatic ring is 1. The second kappa shape index (κ2) is 12.0. The van der Waals surface area contributed by atoms with E-state index >= 15 is 0 Å². The van der Waals surface area contributed by atoms with E-state index in [4.69, 9.17) is 29.0 Å². The van der Waals surface area contributed by atoms with Crippen molar-refractivity contribution >= 4 is 42.5 Å². The number of esters is 2. The van der Waals surface area contributed by atoms with Crippen molar-refractivity contribution in [3.05, 3.63) is 6.33 Å². The Labute approximate surface area is 234 Å². The van der Waals surface area contributed by atoms with Crippen LogP contribution in [0.3, 0.4) is 0 Å². The minimum Gasteiger partial charge on any atom is -0.438 e. The van der Waals surface area contributed by atoms with Gasteiger partial charge in [-0.2, -0.15) is 9.97 Å². The fourth-order valence-electron chi connectivity index (χ4n) is 3.33. The summed E-state index contributed by atoms with van der Waals surface area (Å²) < 4.78 is 42.3. The molecule has 14 nitrogen and oxygen atoms in total. The molecule has 0 unspecified atom stereocenters. The number of nitrogens with two attached hydrogens (primary N) is 1. The second-order valence-electron chi connectivity index (χ2n) is 12.2. The molecule has 40 heavy (non-hydrogen) atoms. The van der Waals surface area contributed by atoms with E-state index in [-0.39, 0.29) is 12.0 Å². The van der Waals surface area contributed by atoms with Crippen LogP contribution in [0.4, 0.5) is 11.8 Å². The van der Waals surface area contributed by atoms with Crippen LogP contribution in [0.5, 0.6) is 0 Å². The lowest BCUT2D eigenvalue weighted by Crippen LogP contribution is -2.26. The molecule has 3 N–H and O–H groups in total. The van der Waals surface area contributed by atoms with Crippen LogP contribution in [-0.2, 0) is 44.0 Å². The normalized spacial score (nSPS) is 15.3. The lowest BCUT2D eigenvalue weighted by atomic mass is 9.98. The smallest absolute Gasteiger partial charge is 0.361 e. The third-order valence-corrected chi connectivity index (χ3v) is 7.25. The lowest BCUT2D eigenvalue weighted by molar-refractivity contribution is -0.162. The summed E-state index contributed by atoms with van der Waals surface area (Å²) >= 11 is 0. The van der Waals surface area contributed by atoms with Crippen molar-refractivity contribution in [1.82, 2.24) is 19.5 Å². The summed E-state index contributed by atoms with van der Waals surface area (Å²) in [5, 5.41) is 3.22. The van der Waals surface area contributed by atoms with Gasteiger partial charge in [-0.15, -0.1) is 0 Å². The van der Waals surface area contributed by atoms with Crippen LogP contribution in [-0.4, -0.2) is 63.0 Å². The number of imidazole rings is 1. The van der Waals surface area contributed by atoms with Crippen molar-refractivity contribution in [3.8, 4) is 0 Å². The maximum absolute atomic E-state index is 13.5. The number of fused-ring (bicyclic) bond motifs is 1. The predicted molar refractivity (Wildman–Crippen MR) is 147 cm³/mol. The van der Waals surface area contributed by atoms with E-state index in [2.05, 4.69) is 20.3 Å². The molecule has 224 valence electrons. The second-order valence-corrected chi connectivity index (χ2v) is 14.2. The molecule has 0 bridgehead atoms. The van der Waals surface area contributed by atoms with Crippen molar-refractivity contribution < 1.29 is 37.4 Å². The molecule has 1 saturated carbocycles. The van der Waals surface area contributed by atoms with Crippen LogP contribution in [0.1, 0.15) is 68.2 Å². The Morgan fingerprint density at radius 3 is 2.08 bits per heavy atom. The van der Waals surface area contributed by atoms with Crippen molar-refractivity contribution in [1.29, 1.82) is 0 Å². The summed E-state index contributed by atoms with van der Waals surface area (Å²) in [6, 6.07) is 0.111. The maximum Gasteiger partial charge on any atom is 0.361 e. The highest BCUT2D eigenvalue weighted by Gasteiger charge is 2.47. The third kappa shape index (κ3) is 8.60. The zero-order valence-electron chi connectivity index (χ0n) is 24.5. The highest BCUT2D eigenvalue weighted by Crippen LogP contribution is 2.52. The first kappa shape index (κ1) is 31.7. The minimum atomic E-state index is -4.02. The fraction of sp³-hybridized carbons (Fsp3) is 0.720. The summed E-state index contributed by atoms with van der Waals surface area (Å²) in [7, 11) is -4.02. The number of nitrogens with zero attached hydrogens (tertiary/aromatic N) is 4. The number of ether oxygens (including phenoxy) is 3. The molecule has 0 atom stereocenters. The van der Waals surface area contributed by atoms with E-state index in [1.807, 2.05) is 13.8 Å². The fourth-order valence-corrected chi connectivity index (χ4v) is 4.41. The Hall–Kier alpha value is -2.80. The van der Waals surface area contributed by atoms with Gasteiger partial charge in [0.15, 0.2) is 17.0 Å². The van der Waals surface area contributed by atoms with Gasteiger partial charge in [0.1, 0.15) is 6.35 Å². The van der Waals surface area contributed by atoms with E-state index in [0.29, 0.717) is 36.4 Å².